The van der Waals surface area contributed by atoms with Crippen LogP contribution >= 0.6 is 12.6 Å². The molecule has 0 spiro atoms. The third kappa shape index (κ3) is 9.92. The number of carboxylic acids is 2. The van der Waals surface area contributed by atoms with Gasteiger partial charge in [0, 0.05) is 5.75 Å². The monoisotopic (exact) mass is 448 g/mol. The molecule has 3 amide bonds. The number of hydrogen-bond donors (Lipinski definition) is 7. The minimum atomic E-state index is -1.47. The van der Waals surface area contributed by atoms with Crippen LogP contribution in [-0.4, -0.2) is 69.8 Å². The molecule has 0 saturated carbocycles. The van der Waals surface area contributed by atoms with Crippen molar-refractivity contribution in [3.05, 3.63) is 0 Å². The Hall–Kier alpha value is -2.34. The smallest absolute Gasteiger partial charge is 0.326 e. The Labute approximate surface area is 180 Å². The average Bonchev–Trinajstić information content (AvgIpc) is 2.62. The summed E-state index contributed by atoms with van der Waals surface area (Å²) in [6.45, 7) is 6.84. The third-order valence-corrected chi connectivity index (χ3v) is 4.51. The van der Waals surface area contributed by atoms with Gasteiger partial charge in [0.25, 0.3) is 0 Å². The molecule has 7 N–H and O–H groups in total. The topological polar surface area (TPSA) is 188 Å². The van der Waals surface area contributed by atoms with E-state index in [0.717, 1.165) is 0 Å². The van der Waals surface area contributed by atoms with E-state index in [-0.39, 0.29) is 18.1 Å². The molecule has 172 valence electrons. The molecule has 12 heteroatoms. The fourth-order valence-electron chi connectivity index (χ4n) is 2.49. The molecule has 0 fully saturated rings. The summed E-state index contributed by atoms with van der Waals surface area (Å²) in [4.78, 5) is 59.7. The minimum Gasteiger partial charge on any atom is -0.481 e. The Morgan fingerprint density at radius 2 is 1.37 bits per heavy atom. The summed E-state index contributed by atoms with van der Waals surface area (Å²) in [5.74, 6) is -5.40. The van der Waals surface area contributed by atoms with Crippen molar-refractivity contribution in [3.63, 3.8) is 0 Å². The first-order valence-corrected chi connectivity index (χ1v) is 10.1. The van der Waals surface area contributed by atoms with Crippen LogP contribution in [0, 0.1) is 11.8 Å². The predicted octanol–water partition coefficient (Wildman–Crippen LogP) is -1.04. The number of nitrogens with two attached hydrogens (primary N) is 1. The van der Waals surface area contributed by atoms with Crippen molar-refractivity contribution in [1.29, 1.82) is 0 Å². The molecule has 0 rings (SSSR count). The molecule has 4 unspecified atom stereocenters. The average molecular weight is 449 g/mol. The first-order chi connectivity index (χ1) is 13.8. The van der Waals surface area contributed by atoms with Crippen LogP contribution in [0.1, 0.15) is 40.5 Å². The maximum absolute atomic E-state index is 12.6. The number of aliphatic carboxylic acids is 2. The van der Waals surface area contributed by atoms with Crippen molar-refractivity contribution >= 4 is 42.3 Å². The van der Waals surface area contributed by atoms with E-state index in [2.05, 4.69) is 28.6 Å². The normalized spacial score (nSPS) is 15.1. The van der Waals surface area contributed by atoms with Crippen LogP contribution in [0.5, 0.6) is 0 Å². The summed E-state index contributed by atoms with van der Waals surface area (Å²) in [7, 11) is 0. The lowest BCUT2D eigenvalue weighted by atomic mass is 10.00. The second kappa shape index (κ2) is 13.1. The van der Waals surface area contributed by atoms with Gasteiger partial charge in [-0.3, -0.25) is 19.2 Å². The molecule has 4 atom stereocenters. The largest absolute Gasteiger partial charge is 0.481 e. The zero-order valence-corrected chi connectivity index (χ0v) is 18.4. The molecule has 0 aliphatic rings. The summed E-state index contributed by atoms with van der Waals surface area (Å²) in [6.07, 6.45) is -0.553. The highest BCUT2D eigenvalue weighted by Crippen LogP contribution is 2.09. The molecule has 0 aromatic heterocycles. The van der Waals surface area contributed by atoms with Gasteiger partial charge in [-0.15, -0.1) is 0 Å². The lowest BCUT2D eigenvalue weighted by Gasteiger charge is -2.26. The number of amides is 3. The molecule has 0 saturated heterocycles. The van der Waals surface area contributed by atoms with E-state index in [1.54, 1.807) is 27.7 Å². The van der Waals surface area contributed by atoms with E-state index in [1.807, 2.05) is 0 Å². The highest BCUT2D eigenvalue weighted by molar-refractivity contribution is 7.80. The van der Waals surface area contributed by atoms with Crippen molar-refractivity contribution in [2.45, 2.75) is 64.7 Å². The van der Waals surface area contributed by atoms with Crippen LogP contribution in [0.4, 0.5) is 0 Å². The Morgan fingerprint density at radius 3 is 1.77 bits per heavy atom. The van der Waals surface area contributed by atoms with Gasteiger partial charge in [0.15, 0.2) is 0 Å². The second-order valence-electron chi connectivity index (χ2n) is 7.71. The maximum Gasteiger partial charge on any atom is 0.326 e. The van der Waals surface area contributed by atoms with Gasteiger partial charge in [0.05, 0.1) is 12.5 Å². The lowest BCUT2D eigenvalue weighted by Crippen LogP contribution is -2.58. The first-order valence-electron chi connectivity index (χ1n) is 9.52. The minimum absolute atomic E-state index is 0.0165. The summed E-state index contributed by atoms with van der Waals surface area (Å²) in [6, 6.07) is -4.80. The fraction of sp³-hybridized carbons (Fsp3) is 0.722. The molecule has 0 aliphatic heterocycles. The van der Waals surface area contributed by atoms with E-state index >= 15 is 0 Å². The van der Waals surface area contributed by atoms with E-state index in [9.17, 15) is 29.1 Å². The first kappa shape index (κ1) is 27.7. The van der Waals surface area contributed by atoms with Gasteiger partial charge in [-0.1, -0.05) is 27.7 Å². The third-order valence-electron chi connectivity index (χ3n) is 4.12. The van der Waals surface area contributed by atoms with Crippen molar-refractivity contribution in [1.82, 2.24) is 16.0 Å². The van der Waals surface area contributed by atoms with Gasteiger partial charge in [0.1, 0.15) is 18.1 Å². The van der Waals surface area contributed by atoms with Crippen LogP contribution in [0.25, 0.3) is 0 Å². The van der Waals surface area contributed by atoms with Crippen LogP contribution in [0.3, 0.4) is 0 Å². The van der Waals surface area contributed by atoms with Gasteiger partial charge in [-0.05, 0) is 18.3 Å². The highest BCUT2D eigenvalue weighted by Gasteiger charge is 2.32. The molecular formula is C18H32N4O7S. The molecule has 30 heavy (non-hydrogen) atoms. The summed E-state index contributed by atoms with van der Waals surface area (Å²) >= 11 is 3.88. The lowest BCUT2D eigenvalue weighted by molar-refractivity contribution is -0.144. The molecule has 0 radical (unpaired) electrons. The standard InChI is InChI=1S/C18H32N4O7S/c1-8(2)5-11(17(27)22-14(9(3)4)18(28)29)21-16(26)12(6-13(23)24)20-15(25)10(19)7-30/h8-12,14,30H,5-7,19H2,1-4H3,(H,20,25)(H,21,26)(H,22,27)(H,23,24)(H,28,29). The summed E-state index contributed by atoms with van der Waals surface area (Å²) in [5, 5.41) is 25.4. The molecule has 0 aliphatic carbocycles. The Bertz CT molecular complexity index is 642. The van der Waals surface area contributed by atoms with Crippen LogP contribution in [0.15, 0.2) is 0 Å². The Kier molecular flexibility index (Phi) is 12.0. The van der Waals surface area contributed by atoms with Gasteiger partial charge in [-0.2, -0.15) is 12.6 Å². The van der Waals surface area contributed by atoms with E-state index < -0.39 is 66.2 Å². The quantitative estimate of drug-likeness (QED) is 0.174. The molecule has 11 nitrogen and oxygen atoms in total. The van der Waals surface area contributed by atoms with Gasteiger partial charge in [-0.25, -0.2) is 4.79 Å². The Balaban J connectivity index is 5.48. The number of carbonyl (C=O) groups excluding carboxylic acids is 3. The maximum atomic E-state index is 12.6. The molecule has 0 aromatic carbocycles. The molecular weight excluding hydrogens is 416 g/mol. The number of carbonyl (C=O) groups is 5. The van der Waals surface area contributed by atoms with Crippen molar-refractivity contribution in [2.75, 3.05) is 5.75 Å². The van der Waals surface area contributed by atoms with Crippen molar-refractivity contribution < 1.29 is 34.2 Å². The zero-order valence-electron chi connectivity index (χ0n) is 17.5. The molecule has 0 bridgehead atoms. The van der Waals surface area contributed by atoms with Crippen LogP contribution < -0.4 is 21.7 Å². The number of rotatable bonds is 13. The molecule has 0 aromatic rings. The second-order valence-corrected chi connectivity index (χ2v) is 8.07. The predicted molar refractivity (Wildman–Crippen MR) is 112 cm³/mol. The summed E-state index contributed by atoms with van der Waals surface area (Å²) in [5.41, 5.74) is 5.54. The van der Waals surface area contributed by atoms with E-state index in [4.69, 9.17) is 10.8 Å². The Morgan fingerprint density at radius 1 is 0.867 bits per heavy atom. The van der Waals surface area contributed by atoms with E-state index in [1.165, 1.54) is 0 Å². The van der Waals surface area contributed by atoms with Gasteiger partial charge >= 0.3 is 11.9 Å². The van der Waals surface area contributed by atoms with Crippen molar-refractivity contribution in [2.24, 2.45) is 17.6 Å². The highest BCUT2D eigenvalue weighted by atomic mass is 32.1. The number of hydrogen-bond acceptors (Lipinski definition) is 7. The van der Waals surface area contributed by atoms with Gasteiger partial charge in [0.2, 0.25) is 17.7 Å². The van der Waals surface area contributed by atoms with Crippen molar-refractivity contribution in [3.8, 4) is 0 Å². The molecule has 0 heterocycles. The fourth-order valence-corrected chi connectivity index (χ4v) is 2.65. The number of carboxylic acid groups (broad SMARTS) is 2. The number of nitrogens with one attached hydrogen (secondary N) is 3. The van der Waals surface area contributed by atoms with Crippen LogP contribution in [-0.2, 0) is 24.0 Å². The summed E-state index contributed by atoms with van der Waals surface area (Å²) < 4.78 is 0. The van der Waals surface area contributed by atoms with E-state index in [0.29, 0.717) is 0 Å². The zero-order chi connectivity index (χ0) is 23.6. The van der Waals surface area contributed by atoms with Crippen LogP contribution in [0.2, 0.25) is 0 Å². The van der Waals surface area contributed by atoms with Gasteiger partial charge < -0.3 is 31.9 Å². The number of thiol groups is 1. The SMILES string of the molecule is CC(C)CC(NC(=O)C(CC(=O)O)NC(=O)C(N)CS)C(=O)NC(C(=O)O)C(C)C.